The molecule has 0 bridgehead atoms. The maximum atomic E-state index is 13.6. The summed E-state index contributed by atoms with van der Waals surface area (Å²) in [6.07, 6.45) is 5.86. The Balaban J connectivity index is 0.000000455. The first kappa shape index (κ1) is 27.1. The second kappa shape index (κ2) is 10.9. The quantitative estimate of drug-likeness (QED) is 0.312. The molecule has 8 heteroatoms. The normalized spacial score (nSPS) is 17.6. The maximum Gasteiger partial charge on any atom is 0.248 e. The summed E-state index contributed by atoms with van der Waals surface area (Å²) in [5.41, 5.74) is 4.95. The molecule has 1 amide bonds. The number of hydrogen-bond acceptors (Lipinski definition) is 7. The molecule has 3 aromatic rings. The van der Waals surface area contributed by atoms with Crippen molar-refractivity contribution in [3.05, 3.63) is 60.2 Å². The summed E-state index contributed by atoms with van der Waals surface area (Å²) < 4.78 is 11.2. The van der Waals surface area contributed by atoms with Crippen molar-refractivity contribution in [1.82, 2.24) is 0 Å². The molecule has 3 aliphatic rings. The van der Waals surface area contributed by atoms with Crippen molar-refractivity contribution in [2.45, 2.75) is 63.3 Å². The zero-order valence-corrected chi connectivity index (χ0v) is 23.9. The lowest BCUT2D eigenvalue weighted by Gasteiger charge is -2.31. The van der Waals surface area contributed by atoms with Gasteiger partial charge in [-0.1, -0.05) is 31.0 Å². The molecule has 0 atom stereocenters. The van der Waals surface area contributed by atoms with Gasteiger partial charge in [-0.15, -0.1) is 0 Å². The van der Waals surface area contributed by atoms with Gasteiger partial charge in [0.1, 0.15) is 22.9 Å². The number of carbonyl (C=O) groups is 1. The number of hydrogen-bond donors (Lipinski definition) is 3. The van der Waals surface area contributed by atoms with E-state index in [4.69, 9.17) is 9.47 Å². The van der Waals surface area contributed by atoms with Crippen molar-refractivity contribution in [3.8, 4) is 28.4 Å². The van der Waals surface area contributed by atoms with Crippen LogP contribution in [0.5, 0.6) is 17.2 Å². The van der Waals surface area contributed by atoms with E-state index in [1.54, 1.807) is 31.4 Å². The van der Waals surface area contributed by atoms with Crippen molar-refractivity contribution < 1.29 is 19.4 Å². The fraction of sp³-hybridized carbons (Fsp3) is 0.387. The van der Waals surface area contributed by atoms with Crippen LogP contribution in [0.2, 0.25) is 0 Å². The molecule has 1 fully saturated rings. The number of ether oxygens (including phenoxy) is 2. The van der Waals surface area contributed by atoms with Gasteiger partial charge < -0.3 is 19.9 Å². The van der Waals surface area contributed by atoms with Crippen molar-refractivity contribution in [1.29, 1.82) is 0 Å². The van der Waals surface area contributed by atoms with Gasteiger partial charge in [-0.05, 0) is 62.6 Å². The average Bonchev–Trinajstić information content (AvgIpc) is 3.54. The maximum absolute atomic E-state index is 13.6. The van der Waals surface area contributed by atoms with Crippen LogP contribution in [0.4, 0.5) is 17.1 Å². The van der Waals surface area contributed by atoms with Crippen molar-refractivity contribution in [2.24, 2.45) is 0 Å². The lowest BCUT2D eigenvalue weighted by Crippen LogP contribution is -2.44. The Morgan fingerprint density at radius 1 is 0.974 bits per heavy atom. The third kappa shape index (κ3) is 5.35. The standard InChI is InChI=1S/C26H27N3O4.C5H10S/c1-26(2)14-24(31)29-25-19(15-28(29)21-7-5-6-8-22(21)32-3)17(11-12-20(25)27-26)18-10-9-16(30)13-23(18)33-4;6-5-3-1-2-4-5/h5-13,27,30H,14-15H2,1-4H3;5-6H,1-4H2. The van der Waals surface area contributed by atoms with E-state index in [0.717, 1.165) is 39.0 Å². The third-order valence-electron chi connectivity index (χ3n) is 7.51. The molecule has 2 N–H and O–H groups in total. The highest BCUT2D eigenvalue weighted by molar-refractivity contribution is 7.80. The predicted octanol–water partition coefficient (Wildman–Crippen LogP) is 6.80. The summed E-state index contributed by atoms with van der Waals surface area (Å²) in [7, 11) is 3.22. The molecule has 0 aromatic heterocycles. The molecule has 0 radical (unpaired) electrons. The van der Waals surface area contributed by atoms with Crippen molar-refractivity contribution in [2.75, 3.05) is 29.6 Å². The van der Waals surface area contributed by atoms with E-state index in [1.807, 2.05) is 61.3 Å². The van der Waals surface area contributed by atoms with Crippen LogP contribution in [0, 0.1) is 0 Å². The molecule has 1 aliphatic carbocycles. The van der Waals surface area contributed by atoms with Crippen LogP contribution in [-0.4, -0.2) is 36.0 Å². The fourth-order valence-electron chi connectivity index (χ4n) is 5.70. The summed E-state index contributed by atoms with van der Waals surface area (Å²) in [5.74, 6) is 1.41. The molecule has 206 valence electrons. The molecule has 0 unspecified atom stereocenters. The van der Waals surface area contributed by atoms with E-state index in [0.29, 0.717) is 24.5 Å². The summed E-state index contributed by atoms with van der Waals surface area (Å²) in [6, 6.07) is 16.9. The molecule has 0 saturated heterocycles. The number of nitrogens with zero attached hydrogens (tertiary/aromatic N) is 2. The lowest BCUT2D eigenvalue weighted by atomic mass is 9.96. The molecule has 2 heterocycles. The second-order valence-electron chi connectivity index (χ2n) is 10.9. The van der Waals surface area contributed by atoms with Crippen molar-refractivity contribution in [3.63, 3.8) is 0 Å². The van der Waals surface area contributed by atoms with Crippen LogP contribution in [0.25, 0.3) is 11.1 Å². The van der Waals surface area contributed by atoms with Gasteiger partial charge in [-0.25, -0.2) is 5.01 Å². The van der Waals surface area contributed by atoms with Crippen LogP contribution in [0.1, 0.15) is 51.5 Å². The van der Waals surface area contributed by atoms with E-state index < -0.39 is 5.54 Å². The van der Waals surface area contributed by atoms with E-state index in [-0.39, 0.29) is 11.7 Å². The average molecular weight is 548 g/mol. The summed E-state index contributed by atoms with van der Waals surface area (Å²) in [4.78, 5) is 13.6. The third-order valence-corrected chi connectivity index (χ3v) is 8.03. The first-order valence-corrected chi connectivity index (χ1v) is 14.0. The lowest BCUT2D eigenvalue weighted by molar-refractivity contribution is -0.119. The number of benzene rings is 3. The molecular weight excluding hydrogens is 510 g/mol. The minimum atomic E-state index is -0.403. The molecular formula is C31H37N3O4S. The minimum Gasteiger partial charge on any atom is -0.508 e. The molecule has 0 spiro atoms. The van der Waals surface area contributed by atoms with Gasteiger partial charge in [-0.2, -0.15) is 12.6 Å². The summed E-state index contributed by atoms with van der Waals surface area (Å²) >= 11 is 4.29. The SMILES string of the molecule is COc1cc(O)ccc1-c1ccc2c3c1CN(c1ccccc1OC)N3C(=O)CC(C)(C)N2.SC1CCCC1. The monoisotopic (exact) mass is 547 g/mol. The number of methoxy groups -OCH3 is 2. The fourth-order valence-corrected chi connectivity index (χ4v) is 6.06. The Labute approximate surface area is 236 Å². The van der Waals surface area contributed by atoms with E-state index in [9.17, 15) is 9.90 Å². The highest BCUT2D eigenvalue weighted by Crippen LogP contribution is 2.50. The Morgan fingerprint density at radius 3 is 2.33 bits per heavy atom. The molecule has 39 heavy (non-hydrogen) atoms. The van der Waals surface area contributed by atoms with Gasteiger partial charge in [0.25, 0.3) is 0 Å². The molecule has 3 aromatic carbocycles. The Hall–Kier alpha value is -3.52. The highest BCUT2D eigenvalue weighted by Gasteiger charge is 2.42. The number of aromatic hydroxyl groups is 1. The number of para-hydroxylation sites is 2. The Kier molecular flexibility index (Phi) is 7.58. The zero-order chi connectivity index (χ0) is 27.7. The van der Waals surface area contributed by atoms with Gasteiger partial charge in [-0.3, -0.25) is 9.80 Å². The van der Waals surface area contributed by atoms with Crippen LogP contribution in [0.3, 0.4) is 0 Å². The van der Waals surface area contributed by atoms with E-state index in [1.165, 1.54) is 25.7 Å². The summed E-state index contributed by atoms with van der Waals surface area (Å²) in [5, 5.41) is 18.0. The number of thiol groups is 1. The molecule has 2 aliphatic heterocycles. The molecule has 7 nitrogen and oxygen atoms in total. The van der Waals surface area contributed by atoms with Crippen LogP contribution >= 0.6 is 12.6 Å². The Morgan fingerprint density at radius 2 is 1.67 bits per heavy atom. The number of phenolic OH excluding ortho intramolecular Hbond substituents is 1. The van der Waals surface area contributed by atoms with Gasteiger partial charge in [0.05, 0.1) is 38.6 Å². The van der Waals surface area contributed by atoms with E-state index >= 15 is 0 Å². The van der Waals surface area contributed by atoms with Crippen LogP contribution in [0.15, 0.2) is 54.6 Å². The molecule has 6 rings (SSSR count). The predicted molar refractivity (Wildman–Crippen MR) is 160 cm³/mol. The first-order chi connectivity index (χ1) is 18.7. The number of amides is 1. The highest BCUT2D eigenvalue weighted by atomic mass is 32.1. The second-order valence-corrected chi connectivity index (χ2v) is 11.7. The number of rotatable bonds is 4. The van der Waals surface area contributed by atoms with Gasteiger partial charge in [0.15, 0.2) is 0 Å². The smallest absolute Gasteiger partial charge is 0.248 e. The van der Waals surface area contributed by atoms with Gasteiger partial charge in [0, 0.05) is 28.0 Å². The minimum absolute atomic E-state index is 0.00530. The summed E-state index contributed by atoms with van der Waals surface area (Å²) in [6.45, 7) is 4.55. The number of hydrazine groups is 1. The number of anilines is 3. The van der Waals surface area contributed by atoms with Crippen molar-refractivity contribution >= 4 is 35.6 Å². The number of carbonyl (C=O) groups excluding carboxylic acids is 1. The topological polar surface area (TPSA) is 74.3 Å². The number of nitrogens with one attached hydrogen (secondary N) is 1. The van der Waals surface area contributed by atoms with Gasteiger partial charge >= 0.3 is 0 Å². The Bertz CT molecular complexity index is 1370. The van der Waals surface area contributed by atoms with Crippen LogP contribution in [-0.2, 0) is 11.3 Å². The zero-order valence-electron chi connectivity index (χ0n) is 23.0. The van der Waals surface area contributed by atoms with E-state index in [2.05, 4.69) is 17.9 Å². The molecule has 1 saturated carbocycles. The number of phenols is 1. The first-order valence-electron chi connectivity index (χ1n) is 13.5. The largest absolute Gasteiger partial charge is 0.508 e. The van der Waals surface area contributed by atoms with Gasteiger partial charge in [0.2, 0.25) is 5.91 Å². The van der Waals surface area contributed by atoms with Crippen LogP contribution < -0.4 is 24.8 Å².